The van der Waals surface area contributed by atoms with Gasteiger partial charge in [0.1, 0.15) is 11.5 Å². The van der Waals surface area contributed by atoms with Crippen LogP contribution in [0.2, 0.25) is 0 Å². The molecule has 3 rings (SSSR count). The minimum atomic E-state index is -0.732. The van der Waals surface area contributed by atoms with Crippen LogP contribution in [0.1, 0.15) is 32.4 Å². The molecule has 0 radical (unpaired) electrons. The van der Waals surface area contributed by atoms with E-state index in [-0.39, 0.29) is 18.2 Å². The summed E-state index contributed by atoms with van der Waals surface area (Å²) in [5.41, 5.74) is 0.697. The van der Waals surface area contributed by atoms with Crippen LogP contribution in [-0.4, -0.2) is 31.4 Å². The lowest BCUT2D eigenvalue weighted by molar-refractivity contribution is -0.121. The lowest BCUT2D eigenvalue weighted by Gasteiger charge is -2.20. The highest BCUT2D eigenvalue weighted by Gasteiger charge is 2.20. The summed E-state index contributed by atoms with van der Waals surface area (Å²) in [5.74, 6) is -0.386. The molecular formula is C21H20N2O6. The molecule has 0 aliphatic rings. The topological polar surface area (TPSA) is 102 Å². The fourth-order valence-electron chi connectivity index (χ4n) is 2.61. The smallest absolute Gasteiger partial charge is 0.374 e. The lowest BCUT2D eigenvalue weighted by Crippen LogP contribution is -2.33. The summed E-state index contributed by atoms with van der Waals surface area (Å²) in [5, 5.41) is 2.74. The molecule has 0 atom stereocenters. The summed E-state index contributed by atoms with van der Waals surface area (Å²) in [6.45, 7) is 1.43. The minimum Gasteiger partial charge on any atom is -0.467 e. The number of nitrogens with zero attached hydrogens (tertiary/aromatic N) is 1. The Hall–Kier alpha value is -3.81. The number of hydrogen-bond donors (Lipinski definition) is 1. The summed E-state index contributed by atoms with van der Waals surface area (Å²) in [7, 11) is 1.51. The van der Waals surface area contributed by atoms with E-state index in [1.54, 1.807) is 49.4 Å². The Balaban J connectivity index is 1.63. The highest BCUT2D eigenvalue weighted by atomic mass is 16.5. The number of para-hydroxylation sites is 1. The summed E-state index contributed by atoms with van der Waals surface area (Å²) in [4.78, 5) is 38.2. The van der Waals surface area contributed by atoms with Crippen molar-refractivity contribution in [3.8, 4) is 0 Å². The molecule has 0 fully saturated rings. The number of carbonyl (C=O) groups is 3. The standard InChI is InChI=1S/C21H20N2O6/c1-14-9-10-18(29-14)21(26)28-13-19(24)23(2)17-8-4-3-7-16(17)20(25)22-12-15-6-5-11-27-15/h3-11H,12-13H2,1-2H3,(H,22,25). The van der Waals surface area contributed by atoms with E-state index in [4.69, 9.17) is 13.6 Å². The van der Waals surface area contributed by atoms with Gasteiger partial charge in [-0.25, -0.2) is 4.79 Å². The normalized spacial score (nSPS) is 10.4. The molecule has 0 saturated heterocycles. The maximum absolute atomic E-state index is 12.6. The van der Waals surface area contributed by atoms with Gasteiger partial charge in [-0.1, -0.05) is 12.1 Å². The van der Waals surface area contributed by atoms with E-state index in [0.717, 1.165) is 0 Å². The first kappa shape index (κ1) is 19.9. The Morgan fingerprint density at radius 2 is 1.86 bits per heavy atom. The van der Waals surface area contributed by atoms with Crippen LogP contribution >= 0.6 is 0 Å². The van der Waals surface area contributed by atoms with Crippen molar-refractivity contribution >= 4 is 23.5 Å². The summed E-state index contributed by atoms with van der Waals surface area (Å²) in [6.07, 6.45) is 1.52. The van der Waals surface area contributed by atoms with Gasteiger partial charge in [-0.15, -0.1) is 0 Å². The van der Waals surface area contributed by atoms with E-state index in [1.165, 1.54) is 24.3 Å². The van der Waals surface area contributed by atoms with Gasteiger partial charge in [0.15, 0.2) is 6.61 Å². The number of likely N-dealkylation sites (N-methyl/N-ethyl adjacent to an activating group) is 1. The maximum atomic E-state index is 12.6. The molecule has 150 valence electrons. The Labute approximate surface area is 167 Å². The van der Waals surface area contributed by atoms with Crippen molar-refractivity contribution in [3.05, 3.63) is 77.6 Å². The van der Waals surface area contributed by atoms with Crippen LogP contribution in [0.25, 0.3) is 0 Å². The number of esters is 1. The molecule has 0 spiro atoms. The highest BCUT2D eigenvalue weighted by molar-refractivity contribution is 6.05. The molecule has 0 unspecified atom stereocenters. The number of furan rings is 2. The van der Waals surface area contributed by atoms with Crippen LogP contribution in [0, 0.1) is 6.92 Å². The molecule has 0 aliphatic heterocycles. The van der Waals surface area contributed by atoms with Gasteiger partial charge in [0, 0.05) is 7.05 Å². The van der Waals surface area contributed by atoms with Crippen molar-refractivity contribution in [2.45, 2.75) is 13.5 Å². The molecule has 2 heterocycles. The van der Waals surface area contributed by atoms with Gasteiger partial charge in [0.2, 0.25) is 5.76 Å². The number of amides is 2. The number of anilines is 1. The van der Waals surface area contributed by atoms with Crippen molar-refractivity contribution in [2.75, 3.05) is 18.6 Å². The van der Waals surface area contributed by atoms with Crippen LogP contribution < -0.4 is 10.2 Å². The van der Waals surface area contributed by atoms with E-state index in [1.807, 2.05) is 0 Å². The molecule has 1 aromatic carbocycles. The third-order valence-electron chi connectivity index (χ3n) is 4.16. The van der Waals surface area contributed by atoms with Crippen LogP contribution in [0.15, 0.2) is 63.6 Å². The van der Waals surface area contributed by atoms with E-state index in [2.05, 4.69) is 5.32 Å². The number of carbonyl (C=O) groups excluding carboxylic acids is 3. The number of benzene rings is 1. The SMILES string of the molecule is Cc1ccc(C(=O)OCC(=O)N(C)c2ccccc2C(=O)NCc2ccco2)o1. The van der Waals surface area contributed by atoms with E-state index >= 15 is 0 Å². The molecule has 29 heavy (non-hydrogen) atoms. The first-order valence-corrected chi connectivity index (χ1v) is 8.85. The van der Waals surface area contributed by atoms with Gasteiger partial charge in [-0.3, -0.25) is 9.59 Å². The second kappa shape index (κ2) is 8.92. The van der Waals surface area contributed by atoms with Gasteiger partial charge in [0.25, 0.3) is 11.8 Å². The van der Waals surface area contributed by atoms with Crippen LogP contribution in [0.5, 0.6) is 0 Å². The van der Waals surface area contributed by atoms with Gasteiger partial charge < -0.3 is 23.8 Å². The fourth-order valence-corrected chi connectivity index (χ4v) is 2.61. The molecule has 0 aliphatic carbocycles. The second-order valence-corrected chi connectivity index (χ2v) is 6.22. The molecule has 3 aromatic rings. The Kier molecular flexibility index (Phi) is 6.13. The third-order valence-corrected chi connectivity index (χ3v) is 4.16. The average Bonchev–Trinajstić information content (AvgIpc) is 3.41. The largest absolute Gasteiger partial charge is 0.467 e. The van der Waals surface area contributed by atoms with Crippen LogP contribution in [-0.2, 0) is 16.1 Å². The molecular weight excluding hydrogens is 376 g/mol. The molecule has 0 saturated carbocycles. The zero-order valence-electron chi connectivity index (χ0n) is 16.0. The van der Waals surface area contributed by atoms with Gasteiger partial charge in [-0.05, 0) is 43.3 Å². The van der Waals surface area contributed by atoms with Crippen LogP contribution in [0.4, 0.5) is 5.69 Å². The van der Waals surface area contributed by atoms with E-state index in [9.17, 15) is 14.4 Å². The van der Waals surface area contributed by atoms with E-state index < -0.39 is 18.5 Å². The summed E-state index contributed by atoms with van der Waals surface area (Å²) in [6, 6.07) is 13.2. The quantitative estimate of drug-likeness (QED) is 0.616. The lowest BCUT2D eigenvalue weighted by atomic mass is 10.1. The van der Waals surface area contributed by atoms with Gasteiger partial charge in [0.05, 0.1) is 24.1 Å². The first-order chi connectivity index (χ1) is 14.0. The fraction of sp³-hybridized carbons (Fsp3) is 0.190. The number of nitrogens with one attached hydrogen (secondary N) is 1. The van der Waals surface area contributed by atoms with Crippen molar-refractivity contribution < 1.29 is 28.0 Å². The molecule has 8 nitrogen and oxygen atoms in total. The number of aryl methyl sites for hydroxylation is 1. The third kappa shape index (κ3) is 4.92. The first-order valence-electron chi connectivity index (χ1n) is 8.85. The van der Waals surface area contributed by atoms with Crippen LogP contribution in [0.3, 0.4) is 0 Å². The van der Waals surface area contributed by atoms with Gasteiger partial charge in [-0.2, -0.15) is 0 Å². The second-order valence-electron chi connectivity index (χ2n) is 6.22. The van der Waals surface area contributed by atoms with Crippen molar-refractivity contribution in [2.24, 2.45) is 0 Å². The minimum absolute atomic E-state index is 0.0238. The molecule has 2 aromatic heterocycles. The summed E-state index contributed by atoms with van der Waals surface area (Å²) >= 11 is 0. The maximum Gasteiger partial charge on any atom is 0.374 e. The zero-order chi connectivity index (χ0) is 20.8. The Morgan fingerprint density at radius 3 is 2.55 bits per heavy atom. The molecule has 1 N–H and O–H groups in total. The zero-order valence-corrected chi connectivity index (χ0v) is 16.0. The predicted molar refractivity (Wildman–Crippen MR) is 103 cm³/mol. The van der Waals surface area contributed by atoms with E-state index in [0.29, 0.717) is 22.8 Å². The number of hydrogen-bond acceptors (Lipinski definition) is 6. The highest BCUT2D eigenvalue weighted by Crippen LogP contribution is 2.20. The Morgan fingerprint density at radius 1 is 1.07 bits per heavy atom. The molecule has 0 bridgehead atoms. The molecule has 8 heteroatoms. The summed E-state index contributed by atoms with van der Waals surface area (Å²) < 4.78 is 15.4. The van der Waals surface area contributed by atoms with Crippen molar-refractivity contribution in [1.29, 1.82) is 0 Å². The number of rotatable bonds is 7. The molecule has 2 amide bonds. The van der Waals surface area contributed by atoms with Gasteiger partial charge >= 0.3 is 5.97 Å². The predicted octanol–water partition coefficient (Wildman–Crippen LogP) is 2.93. The van der Waals surface area contributed by atoms with Crippen molar-refractivity contribution in [3.63, 3.8) is 0 Å². The average molecular weight is 396 g/mol. The Bertz CT molecular complexity index is 1010. The van der Waals surface area contributed by atoms with Crippen molar-refractivity contribution in [1.82, 2.24) is 5.32 Å². The monoisotopic (exact) mass is 396 g/mol. The number of ether oxygens (including phenoxy) is 1.